The predicted octanol–water partition coefficient (Wildman–Crippen LogP) is 9.12. The number of fused-ring (bicyclic) bond motifs is 1. The van der Waals surface area contributed by atoms with E-state index < -0.39 is 0 Å². The van der Waals surface area contributed by atoms with E-state index in [-0.39, 0.29) is 24.7 Å². The third-order valence-corrected chi connectivity index (χ3v) is 8.34. The first kappa shape index (κ1) is 37.7. The molecule has 2 heterocycles. The molecule has 0 aliphatic rings. The molecule has 258 valence electrons. The molecule has 3 rings (SSSR count). The van der Waals surface area contributed by atoms with Gasteiger partial charge in [-0.25, -0.2) is 9.78 Å². The number of allylic oxidation sites excluding steroid dienone is 4. The molecule has 1 aromatic carbocycles. The SMILES string of the molecule is CCCCCC=CCC=CCCCCCCCCNC(=O)N(Cc1ccccc1)c1nc(N[C@H](CC)CO)nc2c1ncn2C(C)C. The van der Waals surface area contributed by atoms with Crippen LogP contribution in [0.1, 0.15) is 123 Å². The zero-order valence-electron chi connectivity index (χ0n) is 29.3. The molecule has 0 aliphatic carbocycles. The Morgan fingerprint density at radius 1 is 0.915 bits per heavy atom. The van der Waals surface area contributed by atoms with Crippen molar-refractivity contribution in [1.82, 2.24) is 24.8 Å². The largest absolute Gasteiger partial charge is 0.394 e. The first-order valence-electron chi connectivity index (χ1n) is 18.0. The lowest BCUT2D eigenvalue weighted by molar-refractivity contribution is 0.245. The van der Waals surface area contributed by atoms with Gasteiger partial charge in [-0.15, -0.1) is 0 Å². The maximum absolute atomic E-state index is 13.8. The number of nitrogens with one attached hydrogen (secondary N) is 2. The van der Waals surface area contributed by atoms with Crippen LogP contribution in [0.4, 0.5) is 16.6 Å². The van der Waals surface area contributed by atoms with E-state index in [4.69, 9.17) is 9.97 Å². The van der Waals surface area contributed by atoms with Crippen LogP contribution in [0.5, 0.6) is 0 Å². The molecule has 0 fully saturated rings. The normalized spacial score (nSPS) is 12.5. The van der Waals surface area contributed by atoms with Gasteiger partial charge in [0.25, 0.3) is 0 Å². The standard InChI is InChI=1S/C38H59N7O2/c1-5-7-8-9-10-11-12-13-14-15-16-17-18-19-20-24-27-39-38(47)44(28-32-25-22-21-23-26-32)35-34-36(45(30-40-34)31(3)4)43-37(42-35)41-33(6-2)29-46/h10-11,13-14,21-23,25-26,30-31,33,46H,5-9,12,15-20,24,27-29H2,1-4H3,(H,39,47)(H,41,42,43)/t33-/m1/s1. The lowest BCUT2D eigenvalue weighted by Crippen LogP contribution is -2.41. The van der Waals surface area contributed by atoms with Crippen molar-refractivity contribution in [3.8, 4) is 0 Å². The number of urea groups is 1. The highest BCUT2D eigenvalue weighted by molar-refractivity contribution is 5.98. The summed E-state index contributed by atoms with van der Waals surface area (Å²) < 4.78 is 1.98. The van der Waals surface area contributed by atoms with Gasteiger partial charge in [0.2, 0.25) is 5.95 Å². The molecule has 2 amide bonds. The summed E-state index contributed by atoms with van der Waals surface area (Å²) >= 11 is 0. The number of carbonyl (C=O) groups excluding carboxylic acids is 1. The fourth-order valence-electron chi connectivity index (χ4n) is 5.40. The quantitative estimate of drug-likeness (QED) is 0.0701. The molecule has 9 nitrogen and oxygen atoms in total. The number of anilines is 2. The summed E-state index contributed by atoms with van der Waals surface area (Å²) in [6.07, 6.45) is 25.9. The Morgan fingerprint density at radius 3 is 2.26 bits per heavy atom. The molecule has 2 aromatic heterocycles. The van der Waals surface area contributed by atoms with Gasteiger partial charge in [0, 0.05) is 12.6 Å². The van der Waals surface area contributed by atoms with Crippen molar-refractivity contribution in [2.45, 2.75) is 130 Å². The number of carbonyl (C=O) groups is 1. The molecule has 0 unspecified atom stereocenters. The molecular weight excluding hydrogens is 586 g/mol. The van der Waals surface area contributed by atoms with Gasteiger partial charge in [-0.3, -0.25) is 4.90 Å². The number of aliphatic hydroxyl groups excluding tert-OH is 1. The minimum absolute atomic E-state index is 0.0426. The molecule has 0 spiro atoms. The van der Waals surface area contributed by atoms with Gasteiger partial charge in [-0.1, -0.05) is 107 Å². The Balaban J connectivity index is 1.55. The Bertz CT molecular complexity index is 1350. The van der Waals surface area contributed by atoms with E-state index in [0.717, 1.165) is 31.2 Å². The van der Waals surface area contributed by atoms with E-state index in [9.17, 15) is 9.90 Å². The minimum Gasteiger partial charge on any atom is -0.394 e. The number of aromatic nitrogens is 4. The topological polar surface area (TPSA) is 108 Å². The number of unbranched alkanes of at least 4 members (excludes halogenated alkanes) is 9. The zero-order valence-corrected chi connectivity index (χ0v) is 29.3. The summed E-state index contributed by atoms with van der Waals surface area (Å²) in [4.78, 5) is 29.7. The number of aliphatic hydroxyl groups is 1. The summed E-state index contributed by atoms with van der Waals surface area (Å²) in [5.41, 5.74) is 2.21. The number of benzene rings is 1. The summed E-state index contributed by atoms with van der Waals surface area (Å²) in [7, 11) is 0. The average molecular weight is 646 g/mol. The number of rotatable bonds is 23. The molecule has 0 saturated carbocycles. The fourth-order valence-corrected chi connectivity index (χ4v) is 5.40. The zero-order chi connectivity index (χ0) is 33.7. The van der Waals surface area contributed by atoms with Crippen molar-refractivity contribution in [2.75, 3.05) is 23.4 Å². The van der Waals surface area contributed by atoms with Crippen molar-refractivity contribution < 1.29 is 9.90 Å². The molecular formula is C38H59N7O2. The molecule has 0 bridgehead atoms. The van der Waals surface area contributed by atoms with Gasteiger partial charge in [-0.2, -0.15) is 9.97 Å². The number of nitrogens with zero attached hydrogens (tertiary/aromatic N) is 5. The Morgan fingerprint density at radius 2 is 1.60 bits per heavy atom. The molecule has 0 saturated heterocycles. The van der Waals surface area contributed by atoms with E-state index in [1.54, 1.807) is 11.2 Å². The van der Waals surface area contributed by atoms with Gasteiger partial charge in [0.05, 0.1) is 25.5 Å². The van der Waals surface area contributed by atoms with Crippen LogP contribution < -0.4 is 15.5 Å². The highest BCUT2D eigenvalue weighted by Gasteiger charge is 2.25. The highest BCUT2D eigenvalue weighted by Crippen LogP contribution is 2.28. The van der Waals surface area contributed by atoms with Gasteiger partial charge >= 0.3 is 6.03 Å². The second-order valence-electron chi connectivity index (χ2n) is 12.6. The van der Waals surface area contributed by atoms with Gasteiger partial charge in [0.1, 0.15) is 0 Å². The van der Waals surface area contributed by atoms with Crippen molar-refractivity contribution >= 4 is 29.0 Å². The summed E-state index contributed by atoms with van der Waals surface area (Å²) in [5, 5.41) is 16.2. The van der Waals surface area contributed by atoms with Crippen molar-refractivity contribution in [3.05, 3.63) is 66.5 Å². The smallest absolute Gasteiger partial charge is 0.323 e. The van der Waals surface area contributed by atoms with Crippen molar-refractivity contribution in [1.29, 1.82) is 0 Å². The first-order chi connectivity index (χ1) is 23.0. The van der Waals surface area contributed by atoms with Crippen LogP contribution in [0.2, 0.25) is 0 Å². The third kappa shape index (κ3) is 13.1. The summed E-state index contributed by atoms with van der Waals surface area (Å²) in [6.45, 7) is 9.27. The number of hydrogen-bond donors (Lipinski definition) is 3. The third-order valence-electron chi connectivity index (χ3n) is 8.34. The van der Waals surface area contributed by atoms with Crippen LogP contribution in [-0.4, -0.2) is 49.9 Å². The van der Waals surface area contributed by atoms with E-state index in [2.05, 4.69) is 60.7 Å². The second kappa shape index (κ2) is 22.0. The molecule has 9 heteroatoms. The van der Waals surface area contributed by atoms with E-state index in [0.29, 0.717) is 42.4 Å². The van der Waals surface area contributed by atoms with Crippen LogP contribution in [0.3, 0.4) is 0 Å². The molecule has 1 atom stereocenters. The van der Waals surface area contributed by atoms with E-state index in [1.807, 2.05) is 41.8 Å². The Kier molecular flexibility index (Phi) is 17.6. The van der Waals surface area contributed by atoms with Crippen LogP contribution in [0, 0.1) is 0 Å². The van der Waals surface area contributed by atoms with Crippen LogP contribution in [-0.2, 0) is 6.54 Å². The lowest BCUT2D eigenvalue weighted by Gasteiger charge is -2.24. The maximum atomic E-state index is 13.8. The summed E-state index contributed by atoms with van der Waals surface area (Å²) in [5.74, 6) is 0.815. The molecule has 47 heavy (non-hydrogen) atoms. The van der Waals surface area contributed by atoms with Gasteiger partial charge in [-0.05, 0) is 64.4 Å². The first-order valence-corrected chi connectivity index (χ1v) is 18.0. The van der Waals surface area contributed by atoms with Crippen molar-refractivity contribution in [3.63, 3.8) is 0 Å². The van der Waals surface area contributed by atoms with Crippen molar-refractivity contribution in [2.24, 2.45) is 0 Å². The molecule has 3 aromatic rings. The Hall–Kier alpha value is -3.72. The molecule has 0 aliphatic heterocycles. The molecule has 0 radical (unpaired) electrons. The second-order valence-corrected chi connectivity index (χ2v) is 12.6. The van der Waals surface area contributed by atoms with Gasteiger partial charge < -0.3 is 20.3 Å². The monoisotopic (exact) mass is 645 g/mol. The summed E-state index contributed by atoms with van der Waals surface area (Å²) in [6, 6.07) is 9.63. The number of hydrogen-bond acceptors (Lipinski definition) is 6. The number of amides is 2. The number of imidazole rings is 1. The van der Waals surface area contributed by atoms with E-state index in [1.165, 1.54) is 51.4 Å². The van der Waals surface area contributed by atoms with Crippen LogP contribution >= 0.6 is 0 Å². The highest BCUT2D eigenvalue weighted by atomic mass is 16.3. The minimum atomic E-state index is -0.212. The van der Waals surface area contributed by atoms with Crippen LogP contribution in [0.15, 0.2) is 61.0 Å². The predicted molar refractivity (Wildman–Crippen MR) is 196 cm³/mol. The lowest BCUT2D eigenvalue weighted by atomic mass is 10.1. The van der Waals surface area contributed by atoms with E-state index >= 15 is 0 Å². The van der Waals surface area contributed by atoms with Crippen LogP contribution in [0.25, 0.3) is 11.2 Å². The van der Waals surface area contributed by atoms with Gasteiger partial charge in [0.15, 0.2) is 17.0 Å². The fraction of sp³-hybridized carbons (Fsp3) is 0.579. The Labute approximate surface area is 283 Å². The molecule has 3 N–H and O–H groups in total. The maximum Gasteiger partial charge on any atom is 0.323 e. The average Bonchev–Trinajstić information content (AvgIpc) is 3.52.